The molecule has 1 saturated carbocycles. The second kappa shape index (κ2) is 7.02. The van der Waals surface area contributed by atoms with Gasteiger partial charge in [0.2, 0.25) is 0 Å². The standard InChI is InChI=1S/C14H24N2O2S2/c1-3-16(11-12-5-4-6-12)20(17,18)14-8-7-13(19-14)9-10-15-2/h7-8,12,15H,3-6,9-11H2,1-2H3. The van der Waals surface area contributed by atoms with Crippen LogP contribution in [0.1, 0.15) is 31.1 Å². The molecule has 0 amide bonds. The van der Waals surface area contributed by atoms with Crippen molar-refractivity contribution in [1.82, 2.24) is 9.62 Å². The van der Waals surface area contributed by atoms with Crippen LogP contribution in [-0.2, 0) is 16.4 Å². The van der Waals surface area contributed by atoms with E-state index in [1.165, 1.54) is 30.6 Å². The van der Waals surface area contributed by atoms with Gasteiger partial charge in [-0.15, -0.1) is 11.3 Å². The summed E-state index contributed by atoms with van der Waals surface area (Å²) in [4.78, 5) is 1.12. The maximum absolute atomic E-state index is 12.6. The van der Waals surface area contributed by atoms with Gasteiger partial charge in [0.25, 0.3) is 10.0 Å². The van der Waals surface area contributed by atoms with Gasteiger partial charge in [0, 0.05) is 18.0 Å². The minimum Gasteiger partial charge on any atom is -0.319 e. The zero-order valence-electron chi connectivity index (χ0n) is 12.3. The summed E-state index contributed by atoms with van der Waals surface area (Å²) in [6.45, 7) is 4.04. The highest BCUT2D eigenvalue weighted by Crippen LogP contribution is 2.31. The Morgan fingerprint density at radius 3 is 2.70 bits per heavy atom. The Bertz CT molecular complexity index is 521. The highest BCUT2D eigenvalue weighted by atomic mass is 32.2. The number of hydrogen-bond acceptors (Lipinski definition) is 4. The Morgan fingerprint density at radius 2 is 2.15 bits per heavy atom. The van der Waals surface area contributed by atoms with Crippen molar-refractivity contribution in [3.05, 3.63) is 17.0 Å². The van der Waals surface area contributed by atoms with E-state index in [1.54, 1.807) is 10.4 Å². The Labute approximate surface area is 126 Å². The third-order valence-corrected chi connectivity index (χ3v) is 7.45. The van der Waals surface area contributed by atoms with Crippen LogP contribution in [0.25, 0.3) is 0 Å². The topological polar surface area (TPSA) is 49.4 Å². The molecular formula is C14H24N2O2S2. The lowest BCUT2D eigenvalue weighted by atomic mass is 9.85. The molecule has 0 saturated heterocycles. The summed E-state index contributed by atoms with van der Waals surface area (Å²) in [5.41, 5.74) is 0. The highest BCUT2D eigenvalue weighted by Gasteiger charge is 2.29. The average Bonchev–Trinajstić information content (AvgIpc) is 2.84. The van der Waals surface area contributed by atoms with Gasteiger partial charge in [0.15, 0.2) is 0 Å². The minimum absolute atomic E-state index is 0.491. The molecule has 114 valence electrons. The van der Waals surface area contributed by atoms with Gasteiger partial charge in [0.05, 0.1) is 0 Å². The number of rotatable bonds is 8. The second-order valence-electron chi connectivity index (χ2n) is 5.33. The zero-order valence-corrected chi connectivity index (χ0v) is 13.9. The van der Waals surface area contributed by atoms with E-state index in [2.05, 4.69) is 5.32 Å². The fourth-order valence-corrected chi connectivity index (χ4v) is 5.40. The molecule has 1 aromatic rings. The van der Waals surface area contributed by atoms with Crippen molar-refractivity contribution in [3.63, 3.8) is 0 Å². The molecule has 0 aromatic carbocycles. The summed E-state index contributed by atoms with van der Waals surface area (Å²) in [6.07, 6.45) is 4.47. The van der Waals surface area contributed by atoms with Crippen molar-refractivity contribution in [2.45, 2.75) is 36.8 Å². The van der Waals surface area contributed by atoms with E-state index in [0.29, 0.717) is 23.2 Å². The van der Waals surface area contributed by atoms with Crippen molar-refractivity contribution in [2.24, 2.45) is 5.92 Å². The fraction of sp³-hybridized carbons (Fsp3) is 0.714. The van der Waals surface area contributed by atoms with Crippen LogP contribution < -0.4 is 5.32 Å². The number of sulfonamides is 1. The van der Waals surface area contributed by atoms with Gasteiger partial charge in [0.1, 0.15) is 4.21 Å². The highest BCUT2D eigenvalue weighted by molar-refractivity contribution is 7.91. The van der Waals surface area contributed by atoms with Crippen molar-refractivity contribution >= 4 is 21.4 Å². The normalized spacial score (nSPS) is 16.6. The first-order chi connectivity index (χ1) is 9.57. The van der Waals surface area contributed by atoms with Gasteiger partial charge in [-0.25, -0.2) is 8.42 Å². The SMILES string of the molecule is CCN(CC1CCC1)S(=O)(=O)c1ccc(CCNC)s1. The molecule has 0 radical (unpaired) electrons. The van der Waals surface area contributed by atoms with E-state index in [1.807, 2.05) is 20.0 Å². The van der Waals surface area contributed by atoms with Gasteiger partial charge in [-0.05, 0) is 50.9 Å². The first-order valence-corrected chi connectivity index (χ1v) is 9.57. The molecule has 4 nitrogen and oxygen atoms in total. The molecule has 6 heteroatoms. The van der Waals surface area contributed by atoms with Gasteiger partial charge >= 0.3 is 0 Å². The van der Waals surface area contributed by atoms with Gasteiger partial charge in [-0.2, -0.15) is 4.31 Å². The molecule has 1 N–H and O–H groups in total. The van der Waals surface area contributed by atoms with Gasteiger partial charge in [-0.1, -0.05) is 13.3 Å². The van der Waals surface area contributed by atoms with Crippen molar-refractivity contribution in [2.75, 3.05) is 26.7 Å². The molecule has 1 fully saturated rings. The molecular weight excluding hydrogens is 292 g/mol. The minimum atomic E-state index is -3.30. The third kappa shape index (κ3) is 3.61. The molecule has 1 aromatic heterocycles. The van der Waals surface area contributed by atoms with Crippen LogP contribution in [0.4, 0.5) is 0 Å². The Hall–Kier alpha value is -0.430. The smallest absolute Gasteiger partial charge is 0.252 e. The predicted molar refractivity (Wildman–Crippen MR) is 83.7 cm³/mol. The number of thiophene rings is 1. The molecule has 0 spiro atoms. The maximum Gasteiger partial charge on any atom is 0.252 e. The van der Waals surface area contributed by atoms with E-state index in [-0.39, 0.29) is 0 Å². The molecule has 1 aliphatic rings. The summed E-state index contributed by atoms with van der Waals surface area (Å²) in [7, 11) is -1.39. The van der Waals surface area contributed by atoms with Crippen LogP contribution in [0.3, 0.4) is 0 Å². The zero-order chi connectivity index (χ0) is 14.6. The summed E-state index contributed by atoms with van der Waals surface area (Å²) >= 11 is 1.41. The average molecular weight is 316 g/mol. The molecule has 1 aliphatic carbocycles. The van der Waals surface area contributed by atoms with E-state index in [9.17, 15) is 8.42 Å². The first kappa shape index (κ1) is 15.9. The second-order valence-corrected chi connectivity index (χ2v) is 8.66. The molecule has 0 bridgehead atoms. The van der Waals surface area contributed by atoms with Gasteiger partial charge in [-0.3, -0.25) is 0 Å². The Morgan fingerprint density at radius 1 is 1.40 bits per heavy atom. The number of hydrogen-bond donors (Lipinski definition) is 1. The molecule has 1 heterocycles. The van der Waals surface area contributed by atoms with Crippen molar-refractivity contribution in [1.29, 1.82) is 0 Å². The number of likely N-dealkylation sites (N-methyl/N-ethyl adjacent to an activating group) is 1. The number of nitrogens with zero attached hydrogens (tertiary/aromatic N) is 1. The Balaban J connectivity index is 2.08. The summed E-state index contributed by atoms with van der Waals surface area (Å²) < 4.78 is 27.4. The lowest BCUT2D eigenvalue weighted by molar-refractivity contribution is 0.250. The van der Waals surface area contributed by atoms with Crippen molar-refractivity contribution in [3.8, 4) is 0 Å². The predicted octanol–water partition coefficient (Wildman–Crippen LogP) is 2.32. The quantitative estimate of drug-likeness (QED) is 0.801. The summed E-state index contributed by atoms with van der Waals surface area (Å²) in [5.74, 6) is 0.563. The van der Waals surface area contributed by atoms with Crippen LogP contribution in [0.5, 0.6) is 0 Å². The molecule has 2 rings (SSSR count). The molecule has 20 heavy (non-hydrogen) atoms. The van der Waals surface area contributed by atoms with Crippen molar-refractivity contribution < 1.29 is 8.42 Å². The number of nitrogens with one attached hydrogen (secondary N) is 1. The van der Waals surface area contributed by atoms with Gasteiger partial charge < -0.3 is 5.32 Å². The maximum atomic E-state index is 12.6. The lowest BCUT2D eigenvalue weighted by Crippen LogP contribution is -2.36. The lowest BCUT2D eigenvalue weighted by Gasteiger charge is -2.30. The van der Waals surface area contributed by atoms with E-state index >= 15 is 0 Å². The molecule has 0 aliphatic heterocycles. The van der Waals surface area contributed by atoms with E-state index < -0.39 is 10.0 Å². The fourth-order valence-electron chi connectivity index (χ4n) is 2.37. The first-order valence-electron chi connectivity index (χ1n) is 7.31. The Kier molecular flexibility index (Phi) is 5.60. The van der Waals surface area contributed by atoms with E-state index in [0.717, 1.165) is 17.8 Å². The summed E-state index contributed by atoms with van der Waals surface area (Å²) in [5, 5.41) is 3.09. The van der Waals surface area contributed by atoms with E-state index in [4.69, 9.17) is 0 Å². The molecule has 0 unspecified atom stereocenters. The molecule has 0 atom stereocenters. The van der Waals surface area contributed by atoms with Crippen LogP contribution in [0.15, 0.2) is 16.3 Å². The van der Waals surface area contributed by atoms with Crippen LogP contribution in [0.2, 0.25) is 0 Å². The third-order valence-electron chi connectivity index (χ3n) is 3.89. The monoisotopic (exact) mass is 316 g/mol. The summed E-state index contributed by atoms with van der Waals surface area (Å²) in [6, 6.07) is 3.69. The van der Waals surface area contributed by atoms with Crippen LogP contribution in [0, 0.1) is 5.92 Å². The largest absolute Gasteiger partial charge is 0.319 e. The van der Waals surface area contributed by atoms with Crippen LogP contribution >= 0.6 is 11.3 Å². The van der Waals surface area contributed by atoms with Crippen LogP contribution in [-0.4, -0.2) is 39.4 Å².